The Morgan fingerprint density at radius 3 is 2.67 bits per heavy atom. The molecule has 0 aliphatic carbocycles. The number of benzene rings is 2. The molecule has 0 aliphatic heterocycles. The topological polar surface area (TPSA) is 55.6 Å². The van der Waals surface area contributed by atoms with E-state index in [1.165, 1.54) is 5.56 Å². The molecule has 0 saturated carbocycles. The predicted octanol–water partition coefficient (Wildman–Crippen LogP) is 2.71. The van der Waals surface area contributed by atoms with Gasteiger partial charge in [-0.3, -0.25) is 0 Å². The van der Waals surface area contributed by atoms with E-state index < -0.39 is 0 Å². The quantitative estimate of drug-likeness (QED) is 0.773. The molecular formula is C15H14BrN5. The number of aromatic nitrogens is 4. The first-order valence-corrected chi connectivity index (χ1v) is 7.40. The summed E-state index contributed by atoms with van der Waals surface area (Å²) in [5.41, 5.74) is 2.17. The summed E-state index contributed by atoms with van der Waals surface area (Å²) < 4.78 is 2.82. The highest BCUT2D eigenvalue weighted by molar-refractivity contribution is 9.10. The third kappa shape index (κ3) is 3.53. The van der Waals surface area contributed by atoms with Crippen LogP contribution >= 0.6 is 15.9 Å². The van der Waals surface area contributed by atoms with Gasteiger partial charge in [-0.05, 0) is 40.3 Å². The number of rotatable bonds is 5. The number of hydrogen-bond acceptors (Lipinski definition) is 4. The van der Waals surface area contributed by atoms with Gasteiger partial charge < -0.3 is 5.32 Å². The molecule has 21 heavy (non-hydrogen) atoms. The van der Waals surface area contributed by atoms with Crippen LogP contribution in [0.15, 0.2) is 59.1 Å². The van der Waals surface area contributed by atoms with E-state index in [9.17, 15) is 0 Å². The first-order chi connectivity index (χ1) is 10.3. The summed E-state index contributed by atoms with van der Waals surface area (Å²) in [6.07, 6.45) is 0. The number of hydrogen-bond donors (Lipinski definition) is 1. The lowest BCUT2D eigenvalue weighted by atomic mass is 10.2. The predicted molar refractivity (Wildman–Crippen MR) is 83.8 cm³/mol. The molecular weight excluding hydrogens is 330 g/mol. The van der Waals surface area contributed by atoms with E-state index in [1.54, 1.807) is 4.68 Å². The first-order valence-electron chi connectivity index (χ1n) is 6.61. The normalized spacial score (nSPS) is 10.7. The molecule has 5 nitrogen and oxygen atoms in total. The lowest BCUT2D eigenvalue weighted by Gasteiger charge is -2.06. The van der Waals surface area contributed by atoms with Crippen molar-refractivity contribution in [3.8, 4) is 5.69 Å². The Labute approximate surface area is 131 Å². The second-order valence-electron chi connectivity index (χ2n) is 4.58. The minimum Gasteiger partial charge on any atom is -0.306 e. The van der Waals surface area contributed by atoms with Crippen molar-refractivity contribution < 1.29 is 0 Å². The van der Waals surface area contributed by atoms with Crippen LogP contribution in [0.25, 0.3) is 5.69 Å². The largest absolute Gasteiger partial charge is 0.306 e. The lowest BCUT2D eigenvalue weighted by molar-refractivity contribution is 0.641. The zero-order chi connectivity index (χ0) is 14.5. The number of para-hydroxylation sites is 1. The molecule has 1 N–H and O–H groups in total. The van der Waals surface area contributed by atoms with Crippen molar-refractivity contribution in [2.45, 2.75) is 13.1 Å². The van der Waals surface area contributed by atoms with Crippen LogP contribution in [0.2, 0.25) is 0 Å². The lowest BCUT2D eigenvalue weighted by Crippen LogP contribution is -2.16. The summed E-state index contributed by atoms with van der Waals surface area (Å²) in [6.45, 7) is 1.37. The van der Waals surface area contributed by atoms with Crippen molar-refractivity contribution in [3.05, 3.63) is 70.5 Å². The average molecular weight is 344 g/mol. The molecule has 3 aromatic rings. The molecule has 0 spiro atoms. The second kappa shape index (κ2) is 6.60. The fourth-order valence-corrected chi connectivity index (χ4v) is 2.50. The first kappa shape index (κ1) is 13.9. The maximum atomic E-state index is 4.07. The zero-order valence-electron chi connectivity index (χ0n) is 11.3. The summed E-state index contributed by atoms with van der Waals surface area (Å²) in [5, 5.41) is 15.2. The third-order valence-electron chi connectivity index (χ3n) is 3.04. The van der Waals surface area contributed by atoms with Crippen LogP contribution in [-0.2, 0) is 13.1 Å². The number of halogens is 1. The summed E-state index contributed by atoms with van der Waals surface area (Å²) in [6, 6.07) is 18.1. The van der Waals surface area contributed by atoms with Gasteiger partial charge in [-0.2, -0.15) is 4.68 Å². The molecule has 3 rings (SSSR count). The number of nitrogens with zero attached hydrogens (tertiary/aromatic N) is 4. The second-order valence-corrected chi connectivity index (χ2v) is 5.49. The van der Waals surface area contributed by atoms with E-state index in [0.29, 0.717) is 6.54 Å². The number of tetrazole rings is 1. The standard InChI is InChI=1S/C15H14BrN5/c16-13-6-4-5-12(9-13)10-17-11-15-18-19-20-21(15)14-7-2-1-3-8-14/h1-9,17H,10-11H2. The van der Waals surface area contributed by atoms with Gasteiger partial charge in [0, 0.05) is 11.0 Å². The minimum atomic E-state index is 0.606. The van der Waals surface area contributed by atoms with Crippen LogP contribution in [0.5, 0.6) is 0 Å². The molecule has 0 bridgehead atoms. The Morgan fingerprint density at radius 2 is 1.86 bits per heavy atom. The highest BCUT2D eigenvalue weighted by Crippen LogP contribution is 2.11. The van der Waals surface area contributed by atoms with Gasteiger partial charge in [0.25, 0.3) is 0 Å². The fourth-order valence-electron chi connectivity index (χ4n) is 2.05. The van der Waals surface area contributed by atoms with Gasteiger partial charge in [0.15, 0.2) is 5.82 Å². The van der Waals surface area contributed by atoms with Crippen LogP contribution < -0.4 is 5.32 Å². The van der Waals surface area contributed by atoms with Gasteiger partial charge in [-0.1, -0.05) is 46.3 Å². The van der Waals surface area contributed by atoms with Crippen molar-refractivity contribution in [3.63, 3.8) is 0 Å². The molecule has 1 heterocycles. The monoisotopic (exact) mass is 343 g/mol. The summed E-state index contributed by atoms with van der Waals surface area (Å²) in [7, 11) is 0. The van der Waals surface area contributed by atoms with Gasteiger partial charge in [-0.25, -0.2) is 0 Å². The van der Waals surface area contributed by atoms with Gasteiger partial charge >= 0.3 is 0 Å². The molecule has 0 radical (unpaired) electrons. The molecule has 0 unspecified atom stereocenters. The molecule has 0 fully saturated rings. The van der Waals surface area contributed by atoms with E-state index in [4.69, 9.17) is 0 Å². The van der Waals surface area contributed by atoms with Crippen molar-refractivity contribution in [1.82, 2.24) is 25.5 Å². The SMILES string of the molecule is Brc1cccc(CNCc2nnnn2-c2ccccc2)c1. The van der Waals surface area contributed by atoms with Gasteiger partial charge in [0.1, 0.15) is 0 Å². The van der Waals surface area contributed by atoms with Crippen LogP contribution in [0.1, 0.15) is 11.4 Å². The molecule has 6 heteroatoms. The maximum absolute atomic E-state index is 4.07. The molecule has 1 aromatic heterocycles. The highest BCUT2D eigenvalue weighted by Gasteiger charge is 2.07. The Hall–Kier alpha value is -2.05. The van der Waals surface area contributed by atoms with Gasteiger partial charge in [0.2, 0.25) is 0 Å². The van der Waals surface area contributed by atoms with Crippen LogP contribution in [0.3, 0.4) is 0 Å². The van der Waals surface area contributed by atoms with Crippen molar-refractivity contribution in [1.29, 1.82) is 0 Å². The zero-order valence-corrected chi connectivity index (χ0v) is 12.9. The Bertz CT molecular complexity index is 711. The average Bonchev–Trinajstić information content (AvgIpc) is 2.97. The van der Waals surface area contributed by atoms with E-state index in [2.05, 4.69) is 48.9 Å². The van der Waals surface area contributed by atoms with Crippen molar-refractivity contribution >= 4 is 15.9 Å². The van der Waals surface area contributed by atoms with Gasteiger partial charge in [0.05, 0.1) is 12.2 Å². The summed E-state index contributed by atoms with van der Waals surface area (Å²) in [4.78, 5) is 0. The molecule has 2 aromatic carbocycles. The van der Waals surface area contributed by atoms with Crippen molar-refractivity contribution in [2.24, 2.45) is 0 Å². The Kier molecular flexibility index (Phi) is 4.37. The fraction of sp³-hybridized carbons (Fsp3) is 0.133. The van der Waals surface area contributed by atoms with Crippen molar-refractivity contribution in [2.75, 3.05) is 0 Å². The maximum Gasteiger partial charge on any atom is 0.170 e. The molecule has 106 valence electrons. The van der Waals surface area contributed by atoms with Crippen LogP contribution in [0.4, 0.5) is 0 Å². The van der Waals surface area contributed by atoms with E-state index >= 15 is 0 Å². The van der Waals surface area contributed by atoms with Crippen LogP contribution in [-0.4, -0.2) is 20.2 Å². The summed E-state index contributed by atoms with van der Waals surface area (Å²) in [5.74, 6) is 0.788. The van der Waals surface area contributed by atoms with E-state index in [-0.39, 0.29) is 0 Å². The van der Waals surface area contributed by atoms with Crippen LogP contribution in [0, 0.1) is 0 Å². The Balaban J connectivity index is 1.66. The summed E-state index contributed by atoms with van der Waals surface area (Å²) >= 11 is 3.47. The minimum absolute atomic E-state index is 0.606. The van der Waals surface area contributed by atoms with Gasteiger partial charge in [-0.15, -0.1) is 5.10 Å². The Morgan fingerprint density at radius 1 is 1.00 bits per heavy atom. The highest BCUT2D eigenvalue weighted by atomic mass is 79.9. The molecule has 0 saturated heterocycles. The molecule has 0 atom stereocenters. The molecule has 0 amide bonds. The molecule has 0 aliphatic rings. The number of nitrogens with one attached hydrogen (secondary N) is 1. The van der Waals surface area contributed by atoms with E-state index in [1.807, 2.05) is 42.5 Å². The van der Waals surface area contributed by atoms with E-state index in [0.717, 1.165) is 22.5 Å². The third-order valence-corrected chi connectivity index (χ3v) is 3.53. The smallest absolute Gasteiger partial charge is 0.170 e.